The van der Waals surface area contributed by atoms with E-state index >= 15 is 0 Å². The summed E-state index contributed by atoms with van der Waals surface area (Å²) in [6.07, 6.45) is -0.0749. The van der Waals surface area contributed by atoms with Crippen LogP contribution in [0.1, 0.15) is 29.8 Å². The largest absolute Gasteiger partial charge is 0.507 e. The van der Waals surface area contributed by atoms with E-state index in [1.54, 1.807) is 17.9 Å². The van der Waals surface area contributed by atoms with Gasteiger partial charge in [0.15, 0.2) is 6.61 Å². The van der Waals surface area contributed by atoms with Gasteiger partial charge in [-0.25, -0.2) is 4.79 Å². The number of rotatable bonds is 3. The first-order valence-electron chi connectivity index (χ1n) is 7.26. The Morgan fingerprint density at radius 3 is 2.55 bits per heavy atom. The summed E-state index contributed by atoms with van der Waals surface area (Å²) in [4.78, 5) is 25.6. The summed E-state index contributed by atoms with van der Waals surface area (Å²) >= 11 is 0. The maximum absolute atomic E-state index is 12.1. The Balaban J connectivity index is 1.91. The molecule has 0 bridgehead atoms. The Morgan fingerprint density at radius 1 is 1.32 bits per heavy atom. The average Bonchev–Trinajstić information content (AvgIpc) is 2.43. The Hall–Kier alpha value is -2.08. The Labute approximate surface area is 129 Å². The third-order valence-electron chi connectivity index (χ3n) is 3.47. The number of amides is 1. The Kier molecular flexibility index (Phi) is 5.03. The second-order valence-electron chi connectivity index (χ2n) is 5.65. The van der Waals surface area contributed by atoms with Crippen molar-refractivity contribution in [2.45, 2.75) is 33.0 Å². The number of phenols is 1. The number of nitrogens with zero attached hydrogens (tertiary/aromatic N) is 1. The summed E-state index contributed by atoms with van der Waals surface area (Å²) in [6.45, 7) is 6.22. The van der Waals surface area contributed by atoms with Crippen LogP contribution in [0.3, 0.4) is 0 Å². The molecule has 1 amide bonds. The van der Waals surface area contributed by atoms with Gasteiger partial charge >= 0.3 is 5.97 Å². The molecular formula is C16H21NO5. The molecule has 1 fully saturated rings. The van der Waals surface area contributed by atoms with E-state index in [-0.39, 0.29) is 36.0 Å². The fourth-order valence-electron chi connectivity index (χ4n) is 2.49. The molecule has 1 heterocycles. The lowest BCUT2D eigenvalue weighted by Gasteiger charge is -2.35. The normalized spacial score (nSPS) is 21.5. The SMILES string of the molecule is Cc1ccc(C(=O)OCC(=O)N2C[C@@H](C)O[C@@H](C)C2)c(O)c1. The molecule has 0 saturated carbocycles. The molecule has 1 aliphatic heterocycles. The Bertz CT molecular complexity index is 562. The molecule has 0 aromatic heterocycles. The van der Waals surface area contributed by atoms with Crippen LogP contribution in [0.25, 0.3) is 0 Å². The maximum Gasteiger partial charge on any atom is 0.342 e. The minimum Gasteiger partial charge on any atom is -0.507 e. The number of hydrogen-bond donors (Lipinski definition) is 1. The van der Waals surface area contributed by atoms with Crippen molar-refractivity contribution in [3.63, 3.8) is 0 Å². The lowest BCUT2D eigenvalue weighted by Crippen LogP contribution is -2.49. The zero-order valence-electron chi connectivity index (χ0n) is 13.0. The van der Waals surface area contributed by atoms with E-state index < -0.39 is 5.97 Å². The van der Waals surface area contributed by atoms with Crippen LogP contribution in [0.2, 0.25) is 0 Å². The molecule has 0 spiro atoms. The molecule has 120 valence electrons. The highest BCUT2D eigenvalue weighted by Crippen LogP contribution is 2.19. The smallest absolute Gasteiger partial charge is 0.342 e. The zero-order chi connectivity index (χ0) is 16.3. The zero-order valence-corrected chi connectivity index (χ0v) is 13.0. The molecule has 1 N–H and O–H groups in total. The second kappa shape index (κ2) is 6.79. The number of carbonyl (C=O) groups excluding carboxylic acids is 2. The summed E-state index contributed by atoms with van der Waals surface area (Å²) in [7, 11) is 0. The molecule has 0 unspecified atom stereocenters. The highest BCUT2D eigenvalue weighted by molar-refractivity contribution is 5.93. The predicted molar refractivity (Wildman–Crippen MR) is 79.7 cm³/mol. The van der Waals surface area contributed by atoms with Gasteiger partial charge in [-0.1, -0.05) is 6.07 Å². The van der Waals surface area contributed by atoms with Gasteiger partial charge in [0.25, 0.3) is 5.91 Å². The highest BCUT2D eigenvalue weighted by Gasteiger charge is 2.26. The minimum atomic E-state index is -0.708. The minimum absolute atomic E-state index is 0.0375. The van der Waals surface area contributed by atoms with Gasteiger partial charge in [-0.2, -0.15) is 0 Å². The maximum atomic E-state index is 12.1. The number of esters is 1. The van der Waals surface area contributed by atoms with Crippen molar-refractivity contribution in [1.82, 2.24) is 4.90 Å². The van der Waals surface area contributed by atoms with Crippen LogP contribution in [-0.2, 0) is 14.3 Å². The van der Waals surface area contributed by atoms with Gasteiger partial charge in [0, 0.05) is 13.1 Å². The van der Waals surface area contributed by atoms with Crippen molar-refractivity contribution in [1.29, 1.82) is 0 Å². The summed E-state index contributed by atoms with van der Waals surface area (Å²) < 4.78 is 10.6. The predicted octanol–water partition coefficient (Wildman–Crippen LogP) is 1.49. The van der Waals surface area contributed by atoms with Gasteiger partial charge in [0.2, 0.25) is 0 Å². The van der Waals surface area contributed by atoms with E-state index in [2.05, 4.69) is 0 Å². The lowest BCUT2D eigenvalue weighted by atomic mass is 10.1. The first kappa shape index (κ1) is 16.3. The summed E-state index contributed by atoms with van der Waals surface area (Å²) in [5, 5.41) is 9.73. The number of hydrogen-bond acceptors (Lipinski definition) is 5. The van der Waals surface area contributed by atoms with Crippen LogP contribution in [0.5, 0.6) is 5.75 Å². The number of phenolic OH excluding ortho intramolecular Hbond substituents is 1. The van der Waals surface area contributed by atoms with Crippen LogP contribution in [0.15, 0.2) is 18.2 Å². The first-order chi connectivity index (χ1) is 10.4. The van der Waals surface area contributed by atoms with Gasteiger partial charge in [-0.15, -0.1) is 0 Å². The topological polar surface area (TPSA) is 76.1 Å². The van der Waals surface area contributed by atoms with Crippen molar-refractivity contribution in [2.75, 3.05) is 19.7 Å². The second-order valence-corrected chi connectivity index (χ2v) is 5.65. The van der Waals surface area contributed by atoms with Crippen molar-refractivity contribution in [3.8, 4) is 5.75 Å². The molecule has 1 aliphatic rings. The number of morpholine rings is 1. The average molecular weight is 307 g/mol. The van der Waals surface area contributed by atoms with E-state index in [0.717, 1.165) is 5.56 Å². The molecule has 1 saturated heterocycles. The number of carbonyl (C=O) groups is 2. The standard InChI is InChI=1S/C16H21NO5/c1-10-4-5-13(14(18)6-10)16(20)21-9-15(19)17-7-11(2)22-12(3)8-17/h4-6,11-12,18H,7-9H2,1-3H3/t11-,12+. The number of ether oxygens (including phenoxy) is 2. The molecule has 0 aliphatic carbocycles. The molecule has 2 rings (SSSR count). The first-order valence-corrected chi connectivity index (χ1v) is 7.26. The molecule has 0 radical (unpaired) electrons. The number of aryl methyl sites for hydroxylation is 1. The van der Waals surface area contributed by atoms with E-state index in [4.69, 9.17) is 9.47 Å². The van der Waals surface area contributed by atoms with Gasteiger partial charge in [-0.3, -0.25) is 4.79 Å². The van der Waals surface area contributed by atoms with Gasteiger partial charge in [0.05, 0.1) is 12.2 Å². The molecule has 6 nitrogen and oxygen atoms in total. The van der Waals surface area contributed by atoms with E-state index in [1.165, 1.54) is 12.1 Å². The molecule has 1 aromatic carbocycles. The molecular weight excluding hydrogens is 286 g/mol. The highest BCUT2D eigenvalue weighted by atomic mass is 16.5. The fraction of sp³-hybridized carbons (Fsp3) is 0.500. The fourth-order valence-corrected chi connectivity index (χ4v) is 2.49. The van der Waals surface area contributed by atoms with Crippen LogP contribution < -0.4 is 0 Å². The van der Waals surface area contributed by atoms with Gasteiger partial charge < -0.3 is 19.5 Å². The molecule has 22 heavy (non-hydrogen) atoms. The van der Waals surface area contributed by atoms with E-state index in [0.29, 0.717) is 13.1 Å². The monoisotopic (exact) mass is 307 g/mol. The summed E-state index contributed by atoms with van der Waals surface area (Å²) in [6, 6.07) is 4.66. The third-order valence-corrected chi connectivity index (χ3v) is 3.47. The summed E-state index contributed by atoms with van der Waals surface area (Å²) in [5.74, 6) is -1.12. The quantitative estimate of drug-likeness (QED) is 0.856. The van der Waals surface area contributed by atoms with Crippen molar-refractivity contribution < 1.29 is 24.2 Å². The number of aromatic hydroxyl groups is 1. The van der Waals surface area contributed by atoms with Gasteiger partial charge in [0.1, 0.15) is 11.3 Å². The Morgan fingerprint density at radius 2 is 1.95 bits per heavy atom. The third kappa shape index (κ3) is 3.98. The van der Waals surface area contributed by atoms with Crippen LogP contribution >= 0.6 is 0 Å². The van der Waals surface area contributed by atoms with E-state index in [9.17, 15) is 14.7 Å². The van der Waals surface area contributed by atoms with Crippen molar-refractivity contribution in [2.24, 2.45) is 0 Å². The van der Waals surface area contributed by atoms with Crippen LogP contribution in [0.4, 0.5) is 0 Å². The summed E-state index contributed by atoms with van der Waals surface area (Å²) in [5.41, 5.74) is 0.892. The van der Waals surface area contributed by atoms with Crippen LogP contribution in [-0.4, -0.2) is 53.8 Å². The number of benzene rings is 1. The molecule has 1 aromatic rings. The molecule has 6 heteroatoms. The van der Waals surface area contributed by atoms with E-state index in [1.807, 2.05) is 13.8 Å². The lowest BCUT2D eigenvalue weighted by molar-refractivity contribution is -0.146. The van der Waals surface area contributed by atoms with Crippen LogP contribution in [0, 0.1) is 6.92 Å². The van der Waals surface area contributed by atoms with Gasteiger partial charge in [-0.05, 0) is 38.5 Å². The van der Waals surface area contributed by atoms with Crippen molar-refractivity contribution in [3.05, 3.63) is 29.3 Å². The van der Waals surface area contributed by atoms with Crippen molar-refractivity contribution >= 4 is 11.9 Å². The molecule has 2 atom stereocenters.